The predicted octanol–water partition coefficient (Wildman–Crippen LogP) is 0.575. The van der Waals surface area contributed by atoms with E-state index in [-0.39, 0.29) is 51.4 Å². The predicted molar refractivity (Wildman–Crippen MR) is 45.8 cm³/mol. The van der Waals surface area contributed by atoms with Gasteiger partial charge in [-0.05, 0) is 5.92 Å². The van der Waals surface area contributed by atoms with Crippen LogP contribution in [0.25, 0.3) is 0 Å². The molecule has 0 radical (unpaired) electrons. The van der Waals surface area contributed by atoms with E-state index in [0.717, 1.165) is 5.92 Å². The van der Waals surface area contributed by atoms with Crippen LogP contribution >= 0.6 is 0 Å². The fourth-order valence-electron chi connectivity index (χ4n) is 1.78. The zero-order valence-corrected chi connectivity index (χ0v) is 11.2. The molecule has 60 valence electrons. The molecule has 1 fully saturated rings. The van der Waals surface area contributed by atoms with Gasteiger partial charge in [0.1, 0.15) is 0 Å². The van der Waals surface area contributed by atoms with Gasteiger partial charge in [-0.15, -0.1) is 0 Å². The summed E-state index contributed by atoms with van der Waals surface area (Å²) < 4.78 is 0. The molecule has 0 saturated heterocycles. The molecule has 0 atom stereocenters. The average molecular weight is 178 g/mol. The van der Waals surface area contributed by atoms with Crippen molar-refractivity contribution in [2.75, 3.05) is 0 Å². The number of hydrogen-bond donors (Lipinski definition) is 0. The van der Waals surface area contributed by atoms with Gasteiger partial charge in [-0.2, -0.15) is 12.8 Å². The Morgan fingerprint density at radius 3 is 2.45 bits per heavy atom. The van der Waals surface area contributed by atoms with Crippen LogP contribution in [0.5, 0.6) is 0 Å². The Bertz CT molecular complexity index is 74.9. The largest absolute Gasteiger partial charge is 1.00 e. The Hall–Kier alpha value is 1.64. The van der Waals surface area contributed by atoms with Gasteiger partial charge in [0.15, 0.2) is 0 Å². The van der Waals surface area contributed by atoms with Gasteiger partial charge in [0.25, 0.3) is 0 Å². The molecule has 0 N–H and O–H groups in total. The summed E-state index contributed by atoms with van der Waals surface area (Å²) in [6.45, 7) is 2.29. The minimum atomic E-state index is 0. The van der Waals surface area contributed by atoms with Gasteiger partial charge in [0.2, 0.25) is 0 Å². The van der Waals surface area contributed by atoms with E-state index in [2.05, 4.69) is 13.3 Å². The van der Waals surface area contributed by atoms with Gasteiger partial charge in [0, 0.05) is 0 Å². The second-order valence-corrected chi connectivity index (χ2v) is 3.45. The van der Waals surface area contributed by atoms with Crippen molar-refractivity contribution in [3.05, 3.63) is 6.42 Å². The van der Waals surface area contributed by atoms with E-state index in [1.54, 1.807) is 0 Å². The van der Waals surface area contributed by atoms with Crippen molar-refractivity contribution in [3.8, 4) is 0 Å². The van der Waals surface area contributed by atoms with Crippen molar-refractivity contribution in [2.45, 2.75) is 51.9 Å². The zero-order valence-electron chi connectivity index (χ0n) is 8.10. The molecule has 1 aliphatic carbocycles. The normalized spacial score (nSPS) is 19.4. The minimum Gasteiger partial charge on any atom is -0.328 e. The second kappa shape index (κ2) is 8.24. The number of rotatable bonds is 3. The van der Waals surface area contributed by atoms with Gasteiger partial charge < -0.3 is 6.42 Å². The van der Waals surface area contributed by atoms with Crippen molar-refractivity contribution in [1.29, 1.82) is 0 Å². The summed E-state index contributed by atoms with van der Waals surface area (Å²) in [5, 5.41) is 0. The number of unbranched alkanes of at least 4 members (excludes halogenated alkanes) is 1. The summed E-state index contributed by atoms with van der Waals surface area (Å²) >= 11 is 0. The Kier molecular flexibility index (Phi) is 9.47. The molecule has 1 heteroatoms. The van der Waals surface area contributed by atoms with Crippen LogP contribution in [0.4, 0.5) is 0 Å². The van der Waals surface area contributed by atoms with E-state index in [4.69, 9.17) is 0 Å². The summed E-state index contributed by atoms with van der Waals surface area (Å²) in [7, 11) is 0. The van der Waals surface area contributed by atoms with Crippen LogP contribution in [0.1, 0.15) is 51.9 Å². The Morgan fingerprint density at radius 2 is 1.91 bits per heavy atom. The van der Waals surface area contributed by atoms with Crippen LogP contribution in [-0.2, 0) is 0 Å². The van der Waals surface area contributed by atoms with E-state index in [0.29, 0.717) is 0 Å². The minimum absolute atomic E-state index is 0. The number of hydrogen-bond acceptors (Lipinski definition) is 0. The molecule has 0 aliphatic heterocycles. The first kappa shape index (κ1) is 12.6. The first-order valence-electron chi connectivity index (χ1n) is 4.75. The Balaban J connectivity index is 0.000001000. The molecule has 11 heavy (non-hydrogen) atoms. The molecule has 1 aliphatic rings. The summed E-state index contributed by atoms with van der Waals surface area (Å²) in [5.41, 5.74) is 0. The topological polar surface area (TPSA) is 0 Å². The molecule has 0 bridgehead atoms. The molecule has 0 aromatic carbocycles. The summed E-state index contributed by atoms with van der Waals surface area (Å²) in [4.78, 5) is 0. The molecular formula is C10H19K. The van der Waals surface area contributed by atoms with Crippen LogP contribution < -0.4 is 51.4 Å². The van der Waals surface area contributed by atoms with E-state index >= 15 is 0 Å². The third-order valence-electron chi connectivity index (χ3n) is 2.52. The quantitative estimate of drug-likeness (QED) is 0.438. The van der Waals surface area contributed by atoms with Crippen LogP contribution in [0.15, 0.2) is 0 Å². The first-order valence-corrected chi connectivity index (χ1v) is 4.75. The van der Waals surface area contributed by atoms with Crippen molar-refractivity contribution in [3.63, 3.8) is 0 Å². The third kappa shape index (κ3) is 5.81. The van der Waals surface area contributed by atoms with E-state index in [1.165, 1.54) is 44.9 Å². The van der Waals surface area contributed by atoms with Crippen molar-refractivity contribution in [1.82, 2.24) is 0 Å². The Morgan fingerprint density at radius 1 is 1.27 bits per heavy atom. The van der Waals surface area contributed by atoms with Gasteiger partial charge in [-0.25, -0.2) is 0 Å². The maximum atomic E-state index is 2.45. The van der Waals surface area contributed by atoms with E-state index in [1.807, 2.05) is 0 Å². The summed E-state index contributed by atoms with van der Waals surface area (Å²) in [6.07, 6.45) is 12.5. The van der Waals surface area contributed by atoms with Gasteiger partial charge in [-0.1, -0.05) is 39.0 Å². The standard InChI is InChI=1S/C10H19.K/c1-2-3-7-10-8-5-4-6-9-10;/h4,10H,2-3,5-9H2,1H3;/q-1;+1. The fraction of sp³-hybridized carbons (Fsp3) is 0.900. The van der Waals surface area contributed by atoms with Crippen LogP contribution in [-0.4, -0.2) is 0 Å². The molecule has 0 nitrogen and oxygen atoms in total. The van der Waals surface area contributed by atoms with Gasteiger partial charge in [0.05, 0.1) is 0 Å². The summed E-state index contributed by atoms with van der Waals surface area (Å²) in [5.74, 6) is 1.07. The molecule has 0 unspecified atom stereocenters. The molecule has 0 aromatic rings. The fourth-order valence-corrected chi connectivity index (χ4v) is 1.78. The molecule has 1 saturated carbocycles. The molecule has 0 aromatic heterocycles. The van der Waals surface area contributed by atoms with Crippen molar-refractivity contribution in [2.24, 2.45) is 5.92 Å². The van der Waals surface area contributed by atoms with Gasteiger partial charge >= 0.3 is 51.4 Å². The molecule has 0 heterocycles. The van der Waals surface area contributed by atoms with Crippen LogP contribution in [0, 0.1) is 12.3 Å². The van der Waals surface area contributed by atoms with Crippen LogP contribution in [0.2, 0.25) is 0 Å². The molecular weight excluding hydrogens is 159 g/mol. The van der Waals surface area contributed by atoms with E-state index < -0.39 is 0 Å². The maximum Gasteiger partial charge on any atom is 1.00 e. The SMILES string of the molecule is CCCCC1CC[CH-]CC1.[K+]. The maximum absolute atomic E-state index is 2.45. The Labute approximate surface area is 114 Å². The third-order valence-corrected chi connectivity index (χ3v) is 2.52. The van der Waals surface area contributed by atoms with Gasteiger partial charge in [-0.3, -0.25) is 0 Å². The molecule has 1 rings (SSSR count). The van der Waals surface area contributed by atoms with E-state index in [9.17, 15) is 0 Å². The summed E-state index contributed by atoms with van der Waals surface area (Å²) in [6, 6.07) is 0. The molecule has 0 spiro atoms. The molecule has 0 amide bonds. The zero-order chi connectivity index (χ0) is 7.23. The average Bonchev–Trinajstić information content (AvgIpc) is 2.03. The first-order chi connectivity index (χ1) is 4.93. The van der Waals surface area contributed by atoms with Crippen LogP contribution in [0.3, 0.4) is 0 Å². The van der Waals surface area contributed by atoms with Crippen molar-refractivity contribution >= 4 is 0 Å². The monoisotopic (exact) mass is 178 g/mol. The smallest absolute Gasteiger partial charge is 0.328 e. The second-order valence-electron chi connectivity index (χ2n) is 3.45. The van der Waals surface area contributed by atoms with Crippen molar-refractivity contribution < 1.29 is 51.4 Å².